The SMILES string of the molecule is COc1cc(C(=O)N/N=C2/C[C@@H]3CC[C@@]2(C)C3(C)C)ccc1OC(F)F. The van der Waals surface area contributed by atoms with Crippen LogP contribution in [0.3, 0.4) is 0 Å². The van der Waals surface area contributed by atoms with Gasteiger partial charge in [-0.1, -0.05) is 20.8 Å². The number of hydrogen-bond acceptors (Lipinski definition) is 4. The molecule has 2 aliphatic carbocycles. The van der Waals surface area contributed by atoms with Crippen molar-refractivity contribution in [1.29, 1.82) is 0 Å². The van der Waals surface area contributed by atoms with Gasteiger partial charge in [0.05, 0.1) is 7.11 Å². The summed E-state index contributed by atoms with van der Waals surface area (Å²) in [6.07, 6.45) is 3.17. The number of carbonyl (C=O) groups is 1. The molecule has 142 valence electrons. The molecule has 0 saturated heterocycles. The summed E-state index contributed by atoms with van der Waals surface area (Å²) in [5, 5.41) is 4.40. The van der Waals surface area contributed by atoms with E-state index in [2.05, 4.69) is 36.0 Å². The molecule has 0 aromatic heterocycles. The number of amides is 1. The van der Waals surface area contributed by atoms with E-state index in [4.69, 9.17) is 4.74 Å². The lowest BCUT2D eigenvalue weighted by Crippen LogP contribution is -2.34. The van der Waals surface area contributed by atoms with Crippen molar-refractivity contribution in [3.05, 3.63) is 23.8 Å². The average Bonchev–Trinajstić information content (AvgIpc) is 2.92. The highest BCUT2D eigenvalue weighted by Crippen LogP contribution is 2.63. The predicted molar refractivity (Wildman–Crippen MR) is 93.8 cm³/mol. The molecule has 1 aromatic rings. The third kappa shape index (κ3) is 2.93. The van der Waals surface area contributed by atoms with Crippen LogP contribution in [0.5, 0.6) is 11.5 Å². The van der Waals surface area contributed by atoms with Gasteiger partial charge in [-0.2, -0.15) is 13.9 Å². The lowest BCUT2D eigenvalue weighted by molar-refractivity contribution is -0.0512. The Labute approximate surface area is 151 Å². The number of benzene rings is 1. The zero-order valence-corrected chi connectivity index (χ0v) is 15.4. The number of methoxy groups -OCH3 is 1. The first-order valence-electron chi connectivity index (χ1n) is 8.69. The predicted octanol–water partition coefficient (Wildman–Crippen LogP) is 4.23. The molecule has 7 heteroatoms. The monoisotopic (exact) mass is 366 g/mol. The fourth-order valence-corrected chi connectivity index (χ4v) is 4.28. The molecule has 2 fully saturated rings. The molecule has 0 heterocycles. The number of ether oxygens (including phenoxy) is 2. The van der Waals surface area contributed by atoms with E-state index in [9.17, 15) is 13.6 Å². The number of rotatable bonds is 5. The highest BCUT2D eigenvalue weighted by Gasteiger charge is 2.60. The Balaban J connectivity index is 1.75. The summed E-state index contributed by atoms with van der Waals surface area (Å²) in [5.74, 6) is 0.129. The van der Waals surface area contributed by atoms with Gasteiger partial charge in [-0.15, -0.1) is 0 Å². The third-order valence-electron chi connectivity index (χ3n) is 6.45. The largest absolute Gasteiger partial charge is 0.493 e. The molecule has 0 spiro atoms. The van der Waals surface area contributed by atoms with Crippen LogP contribution in [0.1, 0.15) is 50.4 Å². The van der Waals surface area contributed by atoms with Crippen LogP contribution in [0.25, 0.3) is 0 Å². The van der Waals surface area contributed by atoms with E-state index in [1.165, 1.54) is 31.7 Å². The second kappa shape index (κ2) is 6.52. The van der Waals surface area contributed by atoms with E-state index >= 15 is 0 Å². The van der Waals surface area contributed by atoms with E-state index < -0.39 is 12.5 Å². The number of nitrogens with one attached hydrogen (secondary N) is 1. The zero-order chi connectivity index (χ0) is 19.1. The summed E-state index contributed by atoms with van der Waals surface area (Å²) in [6.45, 7) is 3.78. The highest BCUT2D eigenvalue weighted by atomic mass is 19.3. The van der Waals surface area contributed by atoms with Crippen LogP contribution in [0.2, 0.25) is 0 Å². The number of carbonyl (C=O) groups excluding carboxylic acids is 1. The summed E-state index contributed by atoms with van der Waals surface area (Å²) in [7, 11) is 1.33. The van der Waals surface area contributed by atoms with E-state index in [0.29, 0.717) is 5.92 Å². The van der Waals surface area contributed by atoms with Gasteiger partial charge in [0.25, 0.3) is 5.91 Å². The number of alkyl halides is 2. The maximum Gasteiger partial charge on any atom is 0.387 e. The quantitative estimate of drug-likeness (QED) is 0.794. The van der Waals surface area contributed by atoms with Crippen LogP contribution in [-0.2, 0) is 0 Å². The standard InChI is InChI=1S/C19H24F2N2O3/c1-18(2)12-7-8-19(18,3)15(10-12)22-23-16(24)11-5-6-13(26-17(20)21)14(9-11)25-4/h5-6,9,12,17H,7-8,10H2,1-4H3,(H,23,24)/b22-15-/t12-,19+/m0/s1. The number of fused-ring (bicyclic) bond motifs is 2. The van der Waals surface area contributed by atoms with Crippen LogP contribution in [-0.4, -0.2) is 25.3 Å². The Morgan fingerprint density at radius 2 is 2.04 bits per heavy atom. The molecule has 1 N–H and O–H groups in total. The van der Waals surface area contributed by atoms with Crippen molar-refractivity contribution in [3.63, 3.8) is 0 Å². The number of halogens is 2. The van der Waals surface area contributed by atoms with Crippen molar-refractivity contribution < 1.29 is 23.0 Å². The Kier molecular flexibility index (Phi) is 4.67. The van der Waals surface area contributed by atoms with Gasteiger partial charge in [-0.25, -0.2) is 5.43 Å². The summed E-state index contributed by atoms with van der Waals surface area (Å²) < 4.78 is 34.2. The Morgan fingerprint density at radius 1 is 1.31 bits per heavy atom. The number of nitrogens with zero attached hydrogens (tertiary/aromatic N) is 1. The van der Waals surface area contributed by atoms with E-state index in [-0.39, 0.29) is 27.9 Å². The minimum atomic E-state index is -2.96. The van der Waals surface area contributed by atoms with Crippen molar-refractivity contribution >= 4 is 11.6 Å². The van der Waals surface area contributed by atoms with Gasteiger partial charge in [-0.05, 0) is 48.8 Å². The van der Waals surface area contributed by atoms with Gasteiger partial charge in [0, 0.05) is 16.7 Å². The molecule has 1 aromatic carbocycles. The average molecular weight is 366 g/mol. The molecule has 2 aliphatic rings. The number of hydrogen-bond donors (Lipinski definition) is 1. The van der Waals surface area contributed by atoms with Crippen molar-refractivity contribution in [2.45, 2.75) is 46.6 Å². The molecular formula is C19H24F2N2O3. The van der Waals surface area contributed by atoms with Gasteiger partial charge in [0.1, 0.15) is 0 Å². The third-order valence-corrected chi connectivity index (χ3v) is 6.45. The number of hydrazone groups is 1. The van der Waals surface area contributed by atoms with E-state index in [1.54, 1.807) is 0 Å². The first-order valence-corrected chi connectivity index (χ1v) is 8.69. The van der Waals surface area contributed by atoms with Gasteiger partial charge in [-0.3, -0.25) is 4.79 Å². The van der Waals surface area contributed by atoms with Crippen LogP contribution in [0, 0.1) is 16.7 Å². The Morgan fingerprint density at radius 3 is 2.58 bits per heavy atom. The van der Waals surface area contributed by atoms with E-state index in [0.717, 1.165) is 18.6 Å². The molecule has 5 nitrogen and oxygen atoms in total. The van der Waals surface area contributed by atoms with Crippen LogP contribution >= 0.6 is 0 Å². The van der Waals surface area contributed by atoms with Crippen molar-refractivity contribution in [2.24, 2.45) is 21.8 Å². The first-order chi connectivity index (χ1) is 12.2. The smallest absolute Gasteiger partial charge is 0.387 e. The Hall–Kier alpha value is -2.18. The fraction of sp³-hybridized carbons (Fsp3) is 0.579. The van der Waals surface area contributed by atoms with Gasteiger partial charge >= 0.3 is 6.61 Å². The summed E-state index contributed by atoms with van der Waals surface area (Å²) >= 11 is 0. The Bertz CT molecular complexity index is 748. The second-order valence-electron chi connectivity index (χ2n) is 7.74. The van der Waals surface area contributed by atoms with E-state index in [1.807, 2.05) is 0 Å². The van der Waals surface area contributed by atoms with Crippen LogP contribution in [0.4, 0.5) is 8.78 Å². The minimum Gasteiger partial charge on any atom is -0.493 e. The highest BCUT2D eigenvalue weighted by molar-refractivity contribution is 5.98. The molecule has 0 unspecified atom stereocenters. The molecular weight excluding hydrogens is 342 g/mol. The molecule has 2 atom stereocenters. The zero-order valence-electron chi connectivity index (χ0n) is 15.4. The second-order valence-corrected chi connectivity index (χ2v) is 7.74. The lowest BCUT2D eigenvalue weighted by Gasteiger charge is -2.34. The normalized spacial score (nSPS) is 27.8. The van der Waals surface area contributed by atoms with Crippen molar-refractivity contribution in [3.8, 4) is 11.5 Å². The topological polar surface area (TPSA) is 59.9 Å². The molecule has 2 bridgehead atoms. The van der Waals surface area contributed by atoms with Gasteiger partial charge in [0.2, 0.25) is 0 Å². The molecule has 0 aliphatic heterocycles. The maximum atomic E-state index is 12.4. The maximum absolute atomic E-state index is 12.4. The van der Waals surface area contributed by atoms with Gasteiger partial charge in [0.15, 0.2) is 11.5 Å². The summed E-state index contributed by atoms with van der Waals surface area (Å²) in [4.78, 5) is 12.4. The molecule has 2 saturated carbocycles. The molecule has 1 amide bonds. The van der Waals surface area contributed by atoms with Crippen molar-refractivity contribution in [1.82, 2.24) is 5.43 Å². The summed E-state index contributed by atoms with van der Waals surface area (Å²) in [5.41, 5.74) is 4.07. The van der Waals surface area contributed by atoms with Crippen LogP contribution in [0.15, 0.2) is 23.3 Å². The van der Waals surface area contributed by atoms with Gasteiger partial charge < -0.3 is 9.47 Å². The molecule has 0 radical (unpaired) electrons. The first kappa shape index (κ1) is 18.6. The minimum absolute atomic E-state index is 0.00238. The lowest BCUT2D eigenvalue weighted by atomic mass is 9.70. The molecule has 26 heavy (non-hydrogen) atoms. The molecule has 3 rings (SSSR count). The fourth-order valence-electron chi connectivity index (χ4n) is 4.28. The summed E-state index contributed by atoms with van der Waals surface area (Å²) in [6, 6.07) is 4.05. The van der Waals surface area contributed by atoms with Crippen molar-refractivity contribution in [2.75, 3.05) is 7.11 Å². The van der Waals surface area contributed by atoms with Crippen LogP contribution < -0.4 is 14.9 Å².